The molecule has 0 N–H and O–H groups in total. The number of hydrogen-bond donors (Lipinski definition) is 0. The molecule has 0 unspecified atom stereocenters. The van der Waals surface area contributed by atoms with Crippen LogP contribution in [0.15, 0.2) is 51.7 Å². The normalized spacial score (nSPS) is 13.8. The van der Waals surface area contributed by atoms with Crippen molar-refractivity contribution in [3.63, 3.8) is 0 Å². The summed E-state index contributed by atoms with van der Waals surface area (Å²) >= 11 is 7.47. The molecule has 1 aromatic heterocycles. The van der Waals surface area contributed by atoms with E-state index in [0.29, 0.717) is 16.7 Å². The molecule has 0 saturated heterocycles. The van der Waals surface area contributed by atoms with Gasteiger partial charge in [-0.25, -0.2) is 10.0 Å². The van der Waals surface area contributed by atoms with E-state index in [-0.39, 0.29) is 0 Å². The molecule has 7 heteroatoms. The van der Waals surface area contributed by atoms with Gasteiger partial charge in [-0.3, -0.25) is 4.99 Å². The summed E-state index contributed by atoms with van der Waals surface area (Å²) in [4.78, 5) is 19.8. The third-order valence-corrected chi connectivity index (χ3v) is 4.25. The Kier molecular flexibility index (Phi) is 3.81. The van der Waals surface area contributed by atoms with Crippen LogP contribution in [0.25, 0.3) is 0 Å². The van der Waals surface area contributed by atoms with E-state index in [0.717, 1.165) is 21.8 Å². The summed E-state index contributed by atoms with van der Waals surface area (Å²) in [6, 6.07) is 11.7. The van der Waals surface area contributed by atoms with Crippen LogP contribution in [0.1, 0.15) is 11.1 Å². The molecular weight excluding hydrogens is 308 g/mol. The van der Waals surface area contributed by atoms with Crippen molar-refractivity contribution in [2.24, 2.45) is 15.3 Å². The van der Waals surface area contributed by atoms with Crippen molar-refractivity contribution in [2.75, 3.05) is 13.6 Å². The number of halogens is 1. The van der Waals surface area contributed by atoms with Crippen molar-refractivity contribution in [3.8, 4) is 0 Å². The molecule has 3 rings (SSSR count). The van der Waals surface area contributed by atoms with Crippen LogP contribution in [-0.4, -0.2) is 30.1 Å². The van der Waals surface area contributed by atoms with E-state index in [1.807, 2.05) is 36.4 Å². The Morgan fingerprint density at radius 1 is 1.33 bits per heavy atom. The Morgan fingerprint density at radius 2 is 2.10 bits per heavy atom. The Morgan fingerprint density at radius 3 is 2.81 bits per heavy atom. The molecule has 0 bridgehead atoms. The molecule has 2 aromatic rings. The molecule has 1 aliphatic heterocycles. The van der Waals surface area contributed by atoms with E-state index in [2.05, 4.69) is 15.3 Å². The van der Waals surface area contributed by atoms with Gasteiger partial charge in [-0.05, 0) is 6.07 Å². The Bertz CT molecular complexity index is 739. The highest BCUT2D eigenvalue weighted by Gasteiger charge is 2.20. The van der Waals surface area contributed by atoms with Crippen molar-refractivity contribution in [2.45, 2.75) is 0 Å². The minimum Gasteiger partial charge on any atom is -0.276 e. The highest BCUT2D eigenvalue weighted by molar-refractivity contribution is 7.20. The molecule has 0 amide bonds. The summed E-state index contributed by atoms with van der Waals surface area (Å²) in [7, 11) is 1.56. The van der Waals surface area contributed by atoms with Gasteiger partial charge in [0.2, 0.25) is 0 Å². The van der Waals surface area contributed by atoms with E-state index in [4.69, 9.17) is 11.6 Å². The smallest absolute Gasteiger partial charge is 0.151 e. The summed E-state index contributed by atoms with van der Waals surface area (Å²) in [5.74, 6) is 0.496. The molecule has 5 nitrogen and oxygen atoms in total. The minimum atomic E-state index is 0.297. The van der Waals surface area contributed by atoms with E-state index >= 15 is 0 Å². The van der Waals surface area contributed by atoms with Crippen LogP contribution in [0.4, 0.5) is 5.00 Å². The number of thiophene rings is 1. The van der Waals surface area contributed by atoms with Crippen LogP contribution < -0.4 is 0 Å². The average Bonchev–Trinajstić information content (AvgIpc) is 2.77. The van der Waals surface area contributed by atoms with Crippen LogP contribution in [0.3, 0.4) is 0 Å². The van der Waals surface area contributed by atoms with Crippen LogP contribution in [0.2, 0.25) is 4.34 Å². The topological polar surface area (TPSA) is 57.4 Å². The number of aliphatic imine (C=N–C) groups is 2. The maximum Gasteiger partial charge on any atom is 0.151 e. The van der Waals surface area contributed by atoms with Crippen LogP contribution in [0, 0.1) is 4.91 Å². The second-order valence-electron chi connectivity index (χ2n) is 4.43. The number of nitrogens with zero attached hydrogens (tertiary/aromatic N) is 4. The predicted octanol–water partition coefficient (Wildman–Crippen LogP) is 3.90. The lowest BCUT2D eigenvalue weighted by atomic mass is 10.0. The van der Waals surface area contributed by atoms with Crippen molar-refractivity contribution < 1.29 is 0 Å². The third kappa shape index (κ3) is 2.72. The summed E-state index contributed by atoms with van der Waals surface area (Å²) in [6.07, 6.45) is 0. The first kappa shape index (κ1) is 13.9. The van der Waals surface area contributed by atoms with E-state index in [1.54, 1.807) is 7.05 Å². The lowest BCUT2D eigenvalue weighted by Gasteiger charge is -2.08. The molecule has 1 aromatic carbocycles. The van der Waals surface area contributed by atoms with Gasteiger partial charge in [0.1, 0.15) is 5.00 Å². The SMILES string of the molecule is CN(N=O)C1=Nc2sc(Cl)cc2C(c2ccccc2)=NC1. The molecule has 0 aliphatic carbocycles. The van der Waals surface area contributed by atoms with Crippen LogP contribution in [0.5, 0.6) is 0 Å². The van der Waals surface area contributed by atoms with Gasteiger partial charge in [-0.2, -0.15) is 0 Å². The van der Waals surface area contributed by atoms with Gasteiger partial charge in [0.05, 0.1) is 21.9 Å². The molecule has 0 fully saturated rings. The van der Waals surface area contributed by atoms with E-state index in [9.17, 15) is 4.91 Å². The Labute approximate surface area is 130 Å². The van der Waals surface area contributed by atoms with Gasteiger partial charge in [-0.15, -0.1) is 16.2 Å². The van der Waals surface area contributed by atoms with Crippen molar-refractivity contribution in [1.82, 2.24) is 5.01 Å². The first-order valence-corrected chi connectivity index (χ1v) is 7.42. The van der Waals surface area contributed by atoms with Gasteiger partial charge in [-0.1, -0.05) is 41.9 Å². The van der Waals surface area contributed by atoms with E-state index in [1.165, 1.54) is 16.3 Å². The number of nitroso groups, excluding NO2 is 1. The molecule has 106 valence electrons. The minimum absolute atomic E-state index is 0.297. The highest BCUT2D eigenvalue weighted by Crippen LogP contribution is 2.37. The molecule has 0 radical (unpaired) electrons. The zero-order valence-corrected chi connectivity index (χ0v) is 12.7. The standard InChI is InChI=1S/C14H11ClN4OS/c1-19(18-20)12-8-16-13(9-5-3-2-4-6-9)10-7-11(15)21-14(10)17-12/h2-7H,8H2,1H3. The lowest BCUT2D eigenvalue weighted by Crippen LogP contribution is -2.23. The molecule has 2 heterocycles. The van der Waals surface area contributed by atoms with Crippen molar-refractivity contribution in [3.05, 3.63) is 56.8 Å². The molecular formula is C14H11ClN4OS. The fraction of sp³-hybridized carbons (Fsp3) is 0.143. The maximum atomic E-state index is 10.7. The first-order chi connectivity index (χ1) is 10.2. The zero-order valence-electron chi connectivity index (χ0n) is 11.2. The molecule has 0 saturated carbocycles. The fourth-order valence-corrected chi connectivity index (χ4v) is 3.16. The van der Waals surface area contributed by atoms with Gasteiger partial charge in [0, 0.05) is 18.2 Å². The summed E-state index contributed by atoms with van der Waals surface area (Å²) < 4.78 is 0.635. The number of amidine groups is 1. The Balaban J connectivity index is 2.13. The first-order valence-electron chi connectivity index (χ1n) is 6.23. The molecule has 21 heavy (non-hydrogen) atoms. The summed E-state index contributed by atoms with van der Waals surface area (Å²) in [6.45, 7) is 0.297. The van der Waals surface area contributed by atoms with Gasteiger partial charge in [0.25, 0.3) is 0 Å². The van der Waals surface area contributed by atoms with Gasteiger partial charge in [0.15, 0.2) is 5.84 Å². The zero-order chi connectivity index (χ0) is 14.8. The quantitative estimate of drug-likeness (QED) is 0.623. The Hall–Kier alpha value is -2.05. The second kappa shape index (κ2) is 5.75. The number of rotatable bonds is 2. The fourth-order valence-electron chi connectivity index (χ4n) is 2.06. The van der Waals surface area contributed by atoms with Crippen molar-refractivity contribution >= 4 is 39.5 Å². The maximum absolute atomic E-state index is 10.7. The van der Waals surface area contributed by atoms with Crippen molar-refractivity contribution in [1.29, 1.82) is 0 Å². The van der Waals surface area contributed by atoms with Crippen LogP contribution >= 0.6 is 22.9 Å². The average molecular weight is 319 g/mol. The van der Waals surface area contributed by atoms with Gasteiger partial charge < -0.3 is 0 Å². The third-order valence-electron chi connectivity index (χ3n) is 3.09. The number of benzene rings is 1. The lowest BCUT2D eigenvalue weighted by molar-refractivity contribution is 0.529. The summed E-state index contributed by atoms with van der Waals surface area (Å²) in [5, 5.41) is 4.82. The summed E-state index contributed by atoms with van der Waals surface area (Å²) in [5.41, 5.74) is 2.70. The largest absolute Gasteiger partial charge is 0.276 e. The monoisotopic (exact) mass is 318 g/mol. The number of likely N-dealkylation sites (N-methyl/N-ethyl adjacent to an activating group) is 1. The van der Waals surface area contributed by atoms with Gasteiger partial charge >= 0.3 is 0 Å². The number of hydrogen-bond acceptors (Lipinski definition) is 5. The molecule has 0 spiro atoms. The van der Waals surface area contributed by atoms with Crippen LogP contribution in [-0.2, 0) is 0 Å². The molecule has 0 atom stereocenters. The van der Waals surface area contributed by atoms with E-state index < -0.39 is 0 Å². The molecule has 1 aliphatic rings. The highest BCUT2D eigenvalue weighted by atomic mass is 35.5. The second-order valence-corrected chi connectivity index (χ2v) is 6.10. The predicted molar refractivity (Wildman–Crippen MR) is 86.9 cm³/mol. The number of fused-ring (bicyclic) bond motifs is 1.